The number of ether oxygens (including phenoxy) is 1. The van der Waals surface area contributed by atoms with E-state index in [2.05, 4.69) is 16.8 Å². The molecule has 8 nitrogen and oxygen atoms in total. The van der Waals surface area contributed by atoms with E-state index in [0.29, 0.717) is 12.0 Å². The van der Waals surface area contributed by atoms with Crippen molar-refractivity contribution < 1.29 is 32.8 Å². The summed E-state index contributed by atoms with van der Waals surface area (Å²) in [7, 11) is -4.73. The number of carbonyl (C=O) groups is 1. The molecule has 0 fully saturated rings. The summed E-state index contributed by atoms with van der Waals surface area (Å²) < 4.78 is 34.9. The number of nitriles is 1. The van der Waals surface area contributed by atoms with E-state index in [1.807, 2.05) is 6.07 Å². The van der Waals surface area contributed by atoms with E-state index in [4.69, 9.17) is 19.8 Å². The highest BCUT2D eigenvalue weighted by Gasteiger charge is 2.20. The average Bonchev–Trinajstić information content (AvgIpc) is 2.89. The van der Waals surface area contributed by atoms with Crippen LogP contribution in [0.25, 0.3) is 0 Å². The van der Waals surface area contributed by atoms with Gasteiger partial charge in [-0.3, -0.25) is 9.32 Å². The molecule has 1 rings (SSSR count). The van der Waals surface area contributed by atoms with Crippen LogP contribution in [0.2, 0.25) is 0 Å². The minimum Gasteiger partial charge on any atom is -0.369 e. The van der Waals surface area contributed by atoms with Crippen LogP contribution in [-0.4, -0.2) is 34.9 Å². The number of nitrogens with zero attached hydrogens (tertiary/aromatic N) is 1. The Morgan fingerprint density at radius 3 is 2.00 bits per heavy atom. The van der Waals surface area contributed by atoms with Crippen molar-refractivity contribution in [2.24, 2.45) is 0 Å². The zero-order chi connectivity index (χ0) is 28.8. The van der Waals surface area contributed by atoms with Gasteiger partial charge in [-0.2, -0.15) is 5.26 Å². The van der Waals surface area contributed by atoms with Crippen LogP contribution >= 0.6 is 7.82 Å². The van der Waals surface area contributed by atoms with Gasteiger partial charge in [0.15, 0.2) is 0 Å². The first-order valence-electron chi connectivity index (χ1n) is 14.5. The number of hydrogen-bond acceptors (Lipinski definition) is 5. The third-order valence-electron chi connectivity index (χ3n) is 6.54. The standard InChI is InChI=1S/C29H48FN2O6P/c1-2-3-4-5-6-7-8-9-10-11-12-13-14-15-16-17-29(33)32-22-28(24-38-39(34,35)36)37-23-26-18-25(21-31)19-27(30)20-26/h18-20,28H,2-17,22-24H2,1H3,(H,32,33)(H2,34,35,36). The van der Waals surface area contributed by atoms with Crippen LogP contribution in [0.1, 0.15) is 121 Å². The van der Waals surface area contributed by atoms with Crippen LogP contribution in [0.15, 0.2) is 18.2 Å². The molecule has 222 valence electrons. The predicted molar refractivity (Wildman–Crippen MR) is 150 cm³/mol. The Kier molecular flexibility index (Phi) is 19.8. The van der Waals surface area contributed by atoms with Crippen LogP contribution in [0.5, 0.6) is 0 Å². The molecule has 3 N–H and O–H groups in total. The number of nitrogens with one attached hydrogen (secondary N) is 1. The maximum absolute atomic E-state index is 13.6. The van der Waals surface area contributed by atoms with Gasteiger partial charge in [-0.1, -0.05) is 96.8 Å². The molecule has 1 unspecified atom stereocenters. The first-order chi connectivity index (χ1) is 18.7. The van der Waals surface area contributed by atoms with Gasteiger partial charge in [0, 0.05) is 13.0 Å². The summed E-state index contributed by atoms with van der Waals surface area (Å²) in [6, 6.07) is 5.61. The quantitative estimate of drug-likeness (QED) is 0.0895. The highest BCUT2D eigenvalue weighted by atomic mass is 31.2. The van der Waals surface area contributed by atoms with Gasteiger partial charge >= 0.3 is 7.82 Å². The molecule has 39 heavy (non-hydrogen) atoms. The maximum atomic E-state index is 13.6. The molecule has 0 spiro atoms. The normalized spacial score (nSPS) is 12.3. The molecule has 0 saturated carbocycles. The summed E-state index contributed by atoms with van der Waals surface area (Å²) in [4.78, 5) is 30.2. The Bertz CT molecular complexity index is 889. The van der Waals surface area contributed by atoms with Crippen molar-refractivity contribution in [2.75, 3.05) is 13.2 Å². The van der Waals surface area contributed by atoms with Gasteiger partial charge in [0.1, 0.15) is 5.82 Å². The SMILES string of the molecule is CCCCCCCCCCCCCCCCCC(=O)NCC(COP(=O)(O)O)OCc1cc(F)cc(C#N)c1. The van der Waals surface area contributed by atoms with Crippen LogP contribution in [0, 0.1) is 17.1 Å². The number of benzene rings is 1. The minimum absolute atomic E-state index is 0.0159. The Hall–Kier alpha value is -1.82. The van der Waals surface area contributed by atoms with Gasteiger partial charge in [-0.15, -0.1) is 0 Å². The lowest BCUT2D eigenvalue weighted by molar-refractivity contribution is -0.122. The highest BCUT2D eigenvalue weighted by molar-refractivity contribution is 7.46. The molecule has 0 aromatic heterocycles. The molecule has 0 heterocycles. The van der Waals surface area contributed by atoms with E-state index in [-0.39, 0.29) is 24.6 Å². The molecule has 10 heteroatoms. The Labute approximate surface area is 233 Å². The zero-order valence-electron chi connectivity index (χ0n) is 23.5. The molecule has 0 radical (unpaired) electrons. The Morgan fingerprint density at radius 2 is 1.49 bits per heavy atom. The van der Waals surface area contributed by atoms with Crippen LogP contribution in [0.3, 0.4) is 0 Å². The first kappa shape index (κ1) is 35.2. The molecule has 0 bridgehead atoms. The molecule has 0 aliphatic heterocycles. The zero-order valence-corrected chi connectivity index (χ0v) is 24.4. The van der Waals surface area contributed by atoms with E-state index in [1.54, 1.807) is 0 Å². The van der Waals surface area contributed by atoms with Gasteiger partial charge < -0.3 is 19.8 Å². The number of rotatable bonds is 24. The number of phosphoric ester groups is 1. The van der Waals surface area contributed by atoms with Gasteiger partial charge in [-0.05, 0) is 30.2 Å². The number of unbranched alkanes of at least 4 members (excludes halogenated alkanes) is 14. The number of phosphoric acid groups is 1. The van der Waals surface area contributed by atoms with Crippen molar-refractivity contribution >= 4 is 13.7 Å². The van der Waals surface area contributed by atoms with E-state index < -0.39 is 26.4 Å². The van der Waals surface area contributed by atoms with Gasteiger partial charge in [0.25, 0.3) is 0 Å². The highest BCUT2D eigenvalue weighted by Crippen LogP contribution is 2.35. The molecule has 1 atom stereocenters. The van der Waals surface area contributed by atoms with Gasteiger partial charge in [0.05, 0.1) is 31.0 Å². The summed E-state index contributed by atoms with van der Waals surface area (Å²) in [5.74, 6) is -0.764. The average molecular weight is 571 g/mol. The second-order valence-electron chi connectivity index (χ2n) is 10.2. The maximum Gasteiger partial charge on any atom is 0.469 e. The second-order valence-corrected chi connectivity index (χ2v) is 11.4. The van der Waals surface area contributed by atoms with Crippen molar-refractivity contribution in [2.45, 2.75) is 122 Å². The van der Waals surface area contributed by atoms with Crippen LogP contribution in [0.4, 0.5) is 4.39 Å². The van der Waals surface area contributed by atoms with E-state index in [9.17, 15) is 13.8 Å². The van der Waals surface area contributed by atoms with Gasteiger partial charge in [-0.25, -0.2) is 8.96 Å². The Morgan fingerprint density at radius 1 is 0.949 bits per heavy atom. The lowest BCUT2D eigenvalue weighted by atomic mass is 10.0. The summed E-state index contributed by atoms with van der Waals surface area (Å²) >= 11 is 0. The molecule has 1 amide bonds. The second kappa shape index (κ2) is 21.9. The van der Waals surface area contributed by atoms with E-state index in [0.717, 1.165) is 25.3 Å². The molecule has 1 aromatic rings. The summed E-state index contributed by atoms with van der Waals surface area (Å²) in [6.45, 7) is 1.66. The topological polar surface area (TPSA) is 129 Å². The first-order valence-corrected chi connectivity index (χ1v) is 16.0. The minimum atomic E-state index is -4.73. The summed E-state index contributed by atoms with van der Waals surface area (Å²) in [5, 5.41) is 11.7. The fraction of sp³-hybridized carbons (Fsp3) is 0.724. The van der Waals surface area contributed by atoms with Crippen molar-refractivity contribution in [1.82, 2.24) is 5.32 Å². The van der Waals surface area contributed by atoms with Crippen molar-refractivity contribution in [3.63, 3.8) is 0 Å². The van der Waals surface area contributed by atoms with Crippen LogP contribution in [-0.2, 0) is 25.2 Å². The lowest BCUT2D eigenvalue weighted by Crippen LogP contribution is -2.36. The summed E-state index contributed by atoms with van der Waals surface area (Å²) in [6.07, 6.45) is 18.2. The van der Waals surface area contributed by atoms with E-state index in [1.165, 1.54) is 89.2 Å². The molecular formula is C29H48FN2O6P. The number of hydrogen-bond donors (Lipinski definition) is 3. The predicted octanol–water partition coefficient (Wildman–Crippen LogP) is 7.07. The summed E-state index contributed by atoms with van der Waals surface area (Å²) in [5.41, 5.74) is 0.519. The molecule has 0 saturated heterocycles. The lowest BCUT2D eigenvalue weighted by Gasteiger charge is -2.19. The molecule has 0 aliphatic carbocycles. The van der Waals surface area contributed by atoms with Crippen molar-refractivity contribution in [3.05, 3.63) is 35.1 Å². The number of halogens is 1. The Balaban J connectivity index is 2.18. The third-order valence-corrected chi connectivity index (χ3v) is 7.02. The third kappa shape index (κ3) is 20.7. The number of carbonyl (C=O) groups excluding carboxylic acids is 1. The fourth-order valence-electron chi connectivity index (χ4n) is 4.33. The monoisotopic (exact) mass is 570 g/mol. The molecule has 0 aliphatic rings. The van der Waals surface area contributed by atoms with Crippen LogP contribution < -0.4 is 5.32 Å². The fourth-order valence-corrected chi connectivity index (χ4v) is 4.69. The largest absolute Gasteiger partial charge is 0.469 e. The molecule has 1 aromatic carbocycles. The smallest absolute Gasteiger partial charge is 0.369 e. The molecular weight excluding hydrogens is 522 g/mol. The van der Waals surface area contributed by atoms with Crippen molar-refractivity contribution in [3.8, 4) is 6.07 Å². The van der Waals surface area contributed by atoms with Gasteiger partial charge in [0.2, 0.25) is 5.91 Å². The van der Waals surface area contributed by atoms with E-state index >= 15 is 0 Å². The number of amides is 1. The van der Waals surface area contributed by atoms with Crippen molar-refractivity contribution in [1.29, 1.82) is 5.26 Å².